The number of carbonyl (C=O) groups is 1. The third-order valence-electron chi connectivity index (χ3n) is 4.96. The minimum atomic E-state index is -4.40. The molecule has 2 aromatic rings. The standard InChI is InChI=1S/C21H21F3N4O/c22-21(23,24)18-7-8-19(26-15-18)27-10-1-11-28(13-12-27)20(29)9-6-16-2-4-17(14-25)5-3-16/h2-5,7-8,15H,1,6,9-13H2. The van der Waals surface area contributed by atoms with Crippen LogP contribution in [0.15, 0.2) is 42.6 Å². The van der Waals surface area contributed by atoms with Crippen LogP contribution in [0, 0.1) is 11.3 Å². The summed E-state index contributed by atoms with van der Waals surface area (Å²) in [6, 6.07) is 11.7. The number of carbonyl (C=O) groups excluding carboxylic acids is 1. The van der Waals surface area contributed by atoms with E-state index in [1.165, 1.54) is 6.07 Å². The molecule has 1 saturated heterocycles. The fourth-order valence-electron chi connectivity index (χ4n) is 3.29. The molecular weight excluding hydrogens is 381 g/mol. The third kappa shape index (κ3) is 5.47. The predicted octanol–water partition coefficient (Wildman–Crippen LogP) is 3.64. The van der Waals surface area contributed by atoms with Crippen molar-refractivity contribution in [3.05, 3.63) is 59.3 Å². The van der Waals surface area contributed by atoms with E-state index in [2.05, 4.69) is 11.1 Å². The second-order valence-corrected chi connectivity index (χ2v) is 6.93. The molecule has 0 aliphatic carbocycles. The maximum atomic E-state index is 12.7. The highest BCUT2D eigenvalue weighted by Crippen LogP contribution is 2.29. The Bertz CT molecular complexity index is 873. The fraction of sp³-hybridized carbons (Fsp3) is 0.381. The van der Waals surface area contributed by atoms with Gasteiger partial charge in [0, 0.05) is 38.8 Å². The first kappa shape index (κ1) is 20.6. The average molecular weight is 402 g/mol. The number of pyridine rings is 1. The van der Waals surface area contributed by atoms with Gasteiger partial charge in [-0.15, -0.1) is 0 Å². The minimum absolute atomic E-state index is 0.0524. The number of hydrogen-bond acceptors (Lipinski definition) is 4. The van der Waals surface area contributed by atoms with Crippen LogP contribution in [0.3, 0.4) is 0 Å². The Morgan fingerprint density at radius 3 is 2.45 bits per heavy atom. The maximum absolute atomic E-state index is 12.7. The summed E-state index contributed by atoms with van der Waals surface area (Å²) in [6.07, 6.45) is -1.84. The number of hydrogen-bond donors (Lipinski definition) is 0. The molecule has 3 rings (SSSR count). The lowest BCUT2D eigenvalue weighted by Gasteiger charge is -2.23. The lowest BCUT2D eigenvalue weighted by atomic mass is 10.1. The zero-order valence-corrected chi connectivity index (χ0v) is 15.8. The van der Waals surface area contributed by atoms with Gasteiger partial charge in [-0.05, 0) is 42.7 Å². The molecule has 8 heteroatoms. The number of aryl methyl sites for hydroxylation is 1. The predicted molar refractivity (Wildman–Crippen MR) is 102 cm³/mol. The number of anilines is 1. The number of nitriles is 1. The van der Waals surface area contributed by atoms with Gasteiger partial charge in [-0.1, -0.05) is 12.1 Å². The molecule has 5 nitrogen and oxygen atoms in total. The average Bonchev–Trinajstić information content (AvgIpc) is 2.98. The van der Waals surface area contributed by atoms with Crippen LogP contribution >= 0.6 is 0 Å². The number of halogens is 3. The molecule has 29 heavy (non-hydrogen) atoms. The molecule has 1 aromatic carbocycles. The molecule has 152 valence electrons. The van der Waals surface area contributed by atoms with Gasteiger partial charge >= 0.3 is 6.18 Å². The van der Waals surface area contributed by atoms with Crippen molar-refractivity contribution in [2.24, 2.45) is 0 Å². The van der Waals surface area contributed by atoms with Crippen LogP contribution in [0.4, 0.5) is 19.0 Å². The number of amides is 1. The van der Waals surface area contributed by atoms with Crippen LogP contribution in [-0.2, 0) is 17.4 Å². The van der Waals surface area contributed by atoms with Crippen LogP contribution in [0.2, 0.25) is 0 Å². The van der Waals surface area contributed by atoms with Gasteiger partial charge < -0.3 is 9.80 Å². The lowest BCUT2D eigenvalue weighted by Crippen LogP contribution is -2.35. The summed E-state index contributed by atoms with van der Waals surface area (Å²) in [5, 5.41) is 8.83. The van der Waals surface area contributed by atoms with E-state index < -0.39 is 11.7 Å². The van der Waals surface area contributed by atoms with Crippen molar-refractivity contribution in [1.29, 1.82) is 5.26 Å². The van der Waals surface area contributed by atoms with Gasteiger partial charge in [-0.25, -0.2) is 4.98 Å². The Labute approximate surface area is 167 Å². The van der Waals surface area contributed by atoms with E-state index in [0.717, 1.165) is 24.2 Å². The smallest absolute Gasteiger partial charge is 0.355 e. The summed E-state index contributed by atoms with van der Waals surface area (Å²) in [4.78, 5) is 20.2. The van der Waals surface area contributed by atoms with Crippen molar-refractivity contribution in [2.45, 2.75) is 25.4 Å². The van der Waals surface area contributed by atoms with Crippen LogP contribution in [-0.4, -0.2) is 42.0 Å². The van der Waals surface area contributed by atoms with E-state index in [4.69, 9.17) is 5.26 Å². The number of alkyl halides is 3. The molecule has 1 amide bonds. The number of aromatic nitrogens is 1. The molecule has 0 saturated carbocycles. The lowest BCUT2D eigenvalue weighted by molar-refractivity contribution is -0.137. The highest BCUT2D eigenvalue weighted by molar-refractivity contribution is 5.76. The normalized spacial score (nSPS) is 15.0. The number of benzene rings is 1. The summed E-state index contributed by atoms with van der Waals surface area (Å²) in [6.45, 7) is 2.29. The first-order chi connectivity index (χ1) is 13.9. The Kier molecular flexibility index (Phi) is 6.37. The first-order valence-corrected chi connectivity index (χ1v) is 9.42. The van der Waals surface area contributed by atoms with Gasteiger partial charge in [0.1, 0.15) is 5.82 Å². The molecule has 0 atom stereocenters. The van der Waals surface area contributed by atoms with E-state index in [9.17, 15) is 18.0 Å². The molecule has 0 spiro atoms. The van der Waals surface area contributed by atoms with Crippen LogP contribution in [0.25, 0.3) is 0 Å². The Morgan fingerprint density at radius 1 is 1.07 bits per heavy atom. The van der Waals surface area contributed by atoms with E-state index in [-0.39, 0.29) is 5.91 Å². The largest absolute Gasteiger partial charge is 0.417 e. The summed E-state index contributed by atoms with van der Waals surface area (Å²) in [5.41, 5.74) is 0.822. The Morgan fingerprint density at radius 2 is 1.83 bits per heavy atom. The van der Waals surface area contributed by atoms with Crippen molar-refractivity contribution >= 4 is 11.7 Å². The quantitative estimate of drug-likeness (QED) is 0.784. The summed E-state index contributed by atoms with van der Waals surface area (Å²) < 4.78 is 38.1. The summed E-state index contributed by atoms with van der Waals surface area (Å²) >= 11 is 0. The zero-order chi connectivity index (χ0) is 20.9. The number of rotatable bonds is 4. The van der Waals surface area contributed by atoms with Crippen LogP contribution in [0.5, 0.6) is 0 Å². The van der Waals surface area contributed by atoms with Crippen LogP contribution in [0.1, 0.15) is 29.5 Å². The summed E-state index contributed by atoms with van der Waals surface area (Å²) in [7, 11) is 0. The highest BCUT2D eigenvalue weighted by atomic mass is 19.4. The molecule has 1 aliphatic heterocycles. The van der Waals surface area contributed by atoms with Crippen molar-refractivity contribution in [3.63, 3.8) is 0 Å². The molecule has 0 unspecified atom stereocenters. The monoisotopic (exact) mass is 402 g/mol. The van der Waals surface area contributed by atoms with Gasteiger partial charge in [-0.3, -0.25) is 4.79 Å². The van der Waals surface area contributed by atoms with Crippen molar-refractivity contribution in [3.8, 4) is 6.07 Å². The van der Waals surface area contributed by atoms with E-state index in [1.807, 2.05) is 17.0 Å². The second kappa shape index (κ2) is 8.95. The van der Waals surface area contributed by atoms with Gasteiger partial charge in [0.15, 0.2) is 0 Å². The first-order valence-electron chi connectivity index (χ1n) is 9.42. The second-order valence-electron chi connectivity index (χ2n) is 6.93. The summed E-state index contributed by atoms with van der Waals surface area (Å²) in [5.74, 6) is 0.543. The molecule has 0 N–H and O–H groups in total. The molecular formula is C21H21F3N4O. The number of nitrogens with zero attached hydrogens (tertiary/aromatic N) is 4. The van der Waals surface area contributed by atoms with E-state index >= 15 is 0 Å². The highest BCUT2D eigenvalue weighted by Gasteiger charge is 2.31. The van der Waals surface area contributed by atoms with Gasteiger partial charge in [0.2, 0.25) is 5.91 Å². The van der Waals surface area contributed by atoms with Gasteiger partial charge in [-0.2, -0.15) is 18.4 Å². The van der Waals surface area contributed by atoms with Crippen molar-refractivity contribution in [2.75, 3.05) is 31.1 Å². The van der Waals surface area contributed by atoms with Crippen LogP contribution < -0.4 is 4.90 Å². The topological polar surface area (TPSA) is 60.2 Å². The zero-order valence-electron chi connectivity index (χ0n) is 15.8. The van der Waals surface area contributed by atoms with Gasteiger partial charge in [0.05, 0.1) is 17.2 Å². The van der Waals surface area contributed by atoms with E-state index in [0.29, 0.717) is 50.4 Å². The maximum Gasteiger partial charge on any atom is 0.417 e. The third-order valence-corrected chi connectivity index (χ3v) is 4.96. The van der Waals surface area contributed by atoms with E-state index in [1.54, 1.807) is 17.0 Å². The molecule has 0 radical (unpaired) electrons. The fourth-order valence-corrected chi connectivity index (χ4v) is 3.29. The minimum Gasteiger partial charge on any atom is -0.355 e. The van der Waals surface area contributed by atoms with Gasteiger partial charge in [0.25, 0.3) is 0 Å². The molecule has 1 fully saturated rings. The SMILES string of the molecule is N#Cc1ccc(CCC(=O)N2CCCN(c3ccc(C(F)(F)F)cn3)CC2)cc1. The Balaban J connectivity index is 1.53. The van der Waals surface area contributed by atoms with Crippen molar-refractivity contribution in [1.82, 2.24) is 9.88 Å². The van der Waals surface area contributed by atoms with Crippen molar-refractivity contribution < 1.29 is 18.0 Å². The Hall–Kier alpha value is -3.08. The molecule has 0 bridgehead atoms. The molecule has 2 heterocycles. The molecule has 1 aliphatic rings. The molecule has 1 aromatic heterocycles.